The number of aromatic amines is 1. The lowest BCUT2D eigenvalue weighted by molar-refractivity contribution is -0.137. The summed E-state index contributed by atoms with van der Waals surface area (Å²) in [6, 6.07) is -2.09. The number of carboxylic acids is 1. The molecule has 1 radical (unpaired) electrons. The molecule has 0 aliphatic rings. The SMILES string of the molecule is N[C@@H](Cc1c[nH]cn1)C(=O)NCC(=O)N[C@@H](CCC(=O)O)C(=O)NC[C]=O. The molecule has 1 aromatic rings. The maximum absolute atomic E-state index is 11.9. The van der Waals surface area contributed by atoms with Crippen LogP contribution in [0.4, 0.5) is 0 Å². The van der Waals surface area contributed by atoms with E-state index in [0.717, 1.165) is 0 Å². The van der Waals surface area contributed by atoms with Crippen LogP contribution >= 0.6 is 0 Å². The van der Waals surface area contributed by atoms with Crippen molar-refractivity contribution in [2.75, 3.05) is 13.1 Å². The molecule has 1 aromatic heterocycles. The average Bonchev–Trinajstić information content (AvgIpc) is 3.13. The fourth-order valence-corrected chi connectivity index (χ4v) is 2.05. The highest BCUT2D eigenvalue weighted by atomic mass is 16.4. The van der Waals surface area contributed by atoms with E-state index in [1.165, 1.54) is 12.6 Å². The van der Waals surface area contributed by atoms with E-state index in [2.05, 4.69) is 25.9 Å². The number of nitrogens with one attached hydrogen (secondary N) is 4. The van der Waals surface area contributed by atoms with Crippen LogP contribution in [-0.4, -0.2) is 70.2 Å². The van der Waals surface area contributed by atoms with Crippen LogP contribution in [0.15, 0.2) is 12.5 Å². The smallest absolute Gasteiger partial charge is 0.303 e. The van der Waals surface area contributed by atoms with Crippen molar-refractivity contribution < 1.29 is 29.1 Å². The van der Waals surface area contributed by atoms with E-state index in [1.807, 2.05) is 0 Å². The molecule has 0 spiro atoms. The highest BCUT2D eigenvalue weighted by molar-refractivity contribution is 5.91. The zero-order valence-corrected chi connectivity index (χ0v) is 14.4. The van der Waals surface area contributed by atoms with Crippen molar-refractivity contribution in [3.63, 3.8) is 0 Å². The molecule has 1 heterocycles. The highest BCUT2D eigenvalue weighted by Crippen LogP contribution is 1.99. The van der Waals surface area contributed by atoms with E-state index >= 15 is 0 Å². The Bertz CT molecular complexity index is 662. The Labute approximate surface area is 154 Å². The first-order valence-electron chi connectivity index (χ1n) is 7.98. The topological polar surface area (TPSA) is 196 Å². The Hall–Kier alpha value is -3.28. The summed E-state index contributed by atoms with van der Waals surface area (Å²) in [7, 11) is 0. The third kappa shape index (κ3) is 8.58. The predicted molar refractivity (Wildman–Crippen MR) is 90.8 cm³/mol. The quantitative estimate of drug-likeness (QED) is 0.220. The number of amides is 3. The molecule has 7 N–H and O–H groups in total. The number of nitrogens with zero attached hydrogens (tertiary/aromatic N) is 1. The molecule has 147 valence electrons. The molecule has 12 heteroatoms. The first-order valence-corrected chi connectivity index (χ1v) is 7.98. The fourth-order valence-electron chi connectivity index (χ4n) is 2.05. The maximum Gasteiger partial charge on any atom is 0.303 e. The van der Waals surface area contributed by atoms with E-state index < -0.39 is 48.9 Å². The van der Waals surface area contributed by atoms with Crippen molar-refractivity contribution >= 4 is 30.0 Å². The summed E-state index contributed by atoms with van der Waals surface area (Å²) in [5.74, 6) is -3.18. The number of carbonyl (C=O) groups is 4. The van der Waals surface area contributed by atoms with Crippen molar-refractivity contribution in [3.05, 3.63) is 18.2 Å². The van der Waals surface area contributed by atoms with Gasteiger partial charge in [-0.2, -0.15) is 0 Å². The van der Waals surface area contributed by atoms with Gasteiger partial charge in [0.05, 0.1) is 31.2 Å². The van der Waals surface area contributed by atoms with Crippen molar-refractivity contribution in [3.8, 4) is 0 Å². The molecular formula is C15H21N6O6. The lowest BCUT2D eigenvalue weighted by Crippen LogP contribution is -2.51. The standard InChI is InChI=1S/C15H21N6O6/c16-10(5-9-6-17-8-20-9)14(26)19-7-12(23)21-11(1-2-13(24)25)15(27)18-3-4-22/h6,8,10-11H,1-3,5,7,16H2,(H,17,20)(H,18,27)(H,19,26)(H,21,23)(H,24,25)/t10-,11-/m0/s1. The molecule has 1 rings (SSSR count). The van der Waals surface area contributed by atoms with Gasteiger partial charge in [0.2, 0.25) is 24.0 Å². The average molecular weight is 381 g/mol. The van der Waals surface area contributed by atoms with E-state index in [9.17, 15) is 24.0 Å². The molecule has 12 nitrogen and oxygen atoms in total. The van der Waals surface area contributed by atoms with Crippen LogP contribution in [0.1, 0.15) is 18.5 Å². The summed E-state index contributed by atoms with van der Waals surface area (Å²) in [6.07, 6.45) is 4.10. The zero-order valence-electron chi connectivity index (χ0n) is 14.4. The van der Waals surface area contributed by atoms with Gasteiger partial charge in [-0.15, -0.1) is 0 Å². The summed E-state index contributed by atoms with van der Waals surface area (Å²) < 4.78 is 0. The van der Waals surface area contributed by atoms with E-state index in [-0.39, 0.29) is 19.3 Å². The van der Waals surface area contributed by atoms with Crippen LogP contribution in [0.5, 0.6) is 0 Å². The second kappa shape index (κ2) is 11.4. The number of nitrogens with two attached hydrogens (primary N) is 1. The molecule has 27 heavy (non-hydrogen) atoms. The van der Waals surface area contributed by atoms with E-state index in [4.69, 9.17) is 10.8 Å². The van der Waals surface area contributed by atoms with Crippen molar-refractivity contribution in [2.24, 2.45) is 5.73 Å². The summed E-state index contributed by atoms with van der Waals surface area (Å²) in [4.78, 5) is 63.2. The van der Waals surface area contributed by atoms with Crippen molar-refractivity contribution in [1.29, 1.82) is 0 Å². The van der Waals surface area contributed by atoms with E-state index in [0.29, 0.717) is 5.69 Å². The van der Waals surface area contributed by atoms with Crippen LogP contribution in [0.25, 0.3) is 0 Å². The molecule has 0 fully saturated rings. The van der Waals surface area contributed by atoms with Gasteiger partial charge in [0.1, 0.15) is 6.04 Å². The van der Waals surface area contributed by atoms with E-state index in [1.54, 1.807) is 6.20 Å². The third-order valence-electron chi connectivity index (χ3n) is 3.38. The fraction of sp³-hybridized carbons (Fsp3) is 0.467. The van der Waals surface area contributed by atoms with Gasteiger partial charge < -0.3 is 31.8 Å². The zero-order chi connectivity index (χ0) is 20.2. The molecule has 3 amide bonds. The Balaban J connectivity index is 2.48. The molecule has 0 bridgehead atoms. The Morgan fingerprint density at radius 3 is 2.59 bits per heavy atom. The first-order chi connectivity index (χ1) is 12.8. The van der Waals surface area contributed by atoms with Gasteiger partial charge in [0.25, 0.3) is 0 Å². The summed E-state index contributed by atoms with van der Waals surface area (Å²) in [6.45, 7) is -0.846. The van der Waals surface area contributed by atoms with Crippen molar-refractivity contribution in [1.82, 2.24) is 25.9 Å². The van der Waals surface area contributed by atoms with Gasteiger partial charge in [-0.1, -0.05) is 0 Å². The molecular weight excluding hydrogens is 360 g/mol. The van der Waals surface area contributed by atoms with Gasteiger partial charge in [0, 0.05) is 19.0 Å². The predicted octanol–water partition coefficient (Wildman–Crippen LogP) is -3.03. The minimum atomic E-state index is -1.17. The second-order valence-electron chi connectivity index (χ2n) is 5.50. The number of rotatable bonds is 12. The number of carbonyl (C=O) groups excluding carboxylic acids is 4. The molecule has 0 aliphatic carbocycles. The number of aromatic nitrogens is 2. The van der Waals surface area contributed by atoms with Crippen LogP contribution < -0.4 is 21.7 Å². The third-order valence-corrected chi connectivity index (χ3v) is 3.38. The second-order valence-corrected chi connectivity index (χ2v) is 5.50. The summed E-state index contributed by atoms with van der Waals surface area (Å²) in [5.41, 5.74) is 6.30. The normalized spacial score (nSPS) is 12.5. The molecule has 2 atom stereocenters. The molecule has 0 aromatic carbocycles. The minimum absolute atomic E-state index is 0.169. The number of H-pyrrole nitrogens is 1. The largest absolute Gasteiger partial charge is 0.481 e. The Kier molecular flexibility index (Phi) is 9.15. The number of hydrogen-bond acceptors (Lipinski definition) is 7. The Morgan fingerprint density at radius 1 is 1.26 bits per heavy atom. The monoisotopic (exact) mass is 381 g/mol. The van der Waals surface area contributed by atoms with Crippen LogP contribution in [-0.2, 0) is 30.4 Å². The highest BCUT2D eigenvalue weighted by Gasteiger charge is 2.22. The number of hydrogen-bond donors (Lipinski definition) is 6. The summed E-state index contributed by atoms with van der Waals surface area (Å²) in [5, 5.41) is 15.5. The van der Waals surface area contributed by atoms with Gasteiger partial charge in [-0.25, -0.2) is 4.98 Å². The lowest BCUT2D eigenvalue weighted by atomic mass is 10.1. The van der Waals surface area contributed by atoms with Crippen LogP contribution in [0.3, 0.4) is 0 Å². The van der Waals surface area contributed by atoms with Crippen molar-refractivity contribution in [2.45, 2.75) is 31.3 Å². The number of carboxylic acid groups (broad SMARTS) is 1. The van der Waals surface area contributed by atoms with Crippen LogP contribution in [0, 0.1) is 0 Å². The van der Waals surface area contributed by atoms with Crippen LogP contribution in [0.2, 0.25) is 0 Å². The summed E-state index contributed by atoms with van der Waals surface area (Å²) >= 11 is 0. The van der Waals surface area contributed by atoms with Gasteiger partial charge in [-0.3, -0.25) is 24.0 Å². The first kappa shape index (κ1) is 21.8. The molecule has 0 unspecified atom stereocenters. The maximum atomic E-state index is 11.9. The molecule has 0 saturated carbocycles. The van der Waals surface area contributed by atoms with Gasteiger partial charge >= 0.3 is 5.97 Å². The van der Waals surface area contributed by atoms with Gasteiger partial charge in [0.15, 0.2) is 0 Å². The lowest BCUT2D eigenvalue weighted by Gasteiger charge is -2.17. The number of imidazole rings is 1. The van der Waals surface area contributed by atoms with Gasteiger partial charge in [-0.05, 0) is 6.42 Å². The molecule has 0 saturated heterocycles. The number of aliphatic carboxylic acids is 1. The molecule has 0 aliphatic heterocycles. The minimum Gasteiger partial charge on any atom is -0.481 e. The Morgan fingerprint density at radius 2 is 2.00 bits per heavy atom.